The molecule has 3 heterocycles. The average molecular weight is 367 g/mol. The molecule has 2 aromatic rings. The molecule has 1 unspecified atom stereocenters. The maximum Gasteiger partial charge on any atom is 0.229 e. The molecule has 3 amide bonds. The molecule has 1 atom stereocenters. The van der Waals surface area contributed by atoms with Gasteiger partial charge in [0.15, 0.2) is 0 Å². The Bertz CT molecular complexity index is 845. The molecule has 2 aliphatic heterocycles. The van der Waals surface area contributed by atoms with Crippen molar-refractivity contribution in [1.82, 2.24) is 4.90 Å². The number of likely N-dealkylation sites (tertiary alicyclic amines) is 1. The fourth-order valence-electron chi connectivity index (χ4n) is 3.58. The molecular formula is C20H21N3O4. The summed E-state index contributed by atoms with van der Waals surface area (Å²) >= 11 is 0. The van der Waals surface area contributed by atoms with E-state index in [-0.39, 0.29) is 30.1 Å². The number of hydrogen-bond donors (Lipinski definition) is 1. The largest absolute Gasteiger partial charge is 0.467 e. The van der Waals surface area contributed by atoms with Crippen LogP contribution in [0.3, 0.4) is 0 Å². The first kappa shape index (κ1) is 17.3. The van der Waals surface area contributed by atoms with E-state index >= 15 is 0 Å². The Morgan fingerprint density at radius 1 is 1.15 bits per heavy atom. The Kier molecular flexibility index (Phi) is 4.66. The molecular weight excluding hydrogens is 346 g/mol. The van der Waals surface area contributed by atoms with Crippen molar-refractivity contribution in [2.45, 2.75) is 25.8 Å². The highest BCUT2D eigenvalue weighted by Gasteiger charge is 2.34. The fraction of sp³-hybridized carbons (Fsp3) is 0.350. The van der Waals surface area contributed by atoms with E-state index in [1.807, 2.05) is 18.2 Å². The molecule has 2 saturated heterocycles. The molecule has 0 aliphatic carbocycles. The third-order valence-corrected chi connectivity index (χ3v) is 5.03. The summed E-state index contributed by atoms with van der Waals surface area (Å²) in [6, 6.07) is 10.8. The van der Waals surface area contributed by atoms with Gasteiger partial charge in [0.1, 0.15) is 5.76 Å². The highest BCUT2D eigenvalue weighted by molar-refractivity contribution is 5.98. The van der Waals surface area contributed by atoms with E-state index in [1.165, 1.54) is 0 Å². The van der Waals surface area contributed by atoms with Crippen molar-refractivity contribution in [1.29, 1.82) is 0 Å². The molecule has 0 saturated carbocycles. The van der Waals surface area contributed by atoms with Crippen LogP contribution < -0.4 is 10.2 Å². The molecule has 2 fully saturated rings. The van der Waals surface area contributed by atoms with Crippen molar-refractivity contribution in [2.24, 2.45) is 5.92 Å². The summed E-state index contributed by atoms with van der Waals surface area (Å²) in [7, 11) is 0. The lowest BCUT2D eigenvalue weighted by molar-refractivity contribution is -0.128. The normalized spacial score (nSPS) is 19.8. The van der Waals surface area contributed by atoms with Crippen molar-refractivity contribution in [3.63, 3.8) is 0 Å². The molecule has 1 aromatic heterocycles. The number of furan rings is 1. The van der Waals surface area contributed by atoms with Crippen molar-refractivity contribution in [3.05, 3.63) is 48.4 Å². The van der Waals surface area contributed by atoms with Gasteiger partial charge in [0.2, 0.25) is 17.7 Å². The number of amides is 3. The molecule has 140 valence electrons. The maximum atomic E-state index is 12.5. The Balaban J connectivity index is 1.35. The van der Waals surface area contributed by atoms with Gasteiger partial charge in [-0.2, -0.15) is 0 Å². The van der Waals surface area contributed by atoms with Gasteiger partial charge in [0.25, 0.3) is 0 Å². The molecule has 1 N–H and O–H groups in total. The summed E-state index contributed by atoms with van der Waals surface area (Å²) in [5.41, 5.74) is 1.50. The van der Waals surface area contributed by atoms with Crippen molar-refractivity contribution in [3.8, 4) is 0 Å². The number of nitrogens with zero attached hydrogens (tertiary/aromatic N) is 2. The van der Waals surface area contributed by atoms with Crippen LogP contribution in [0.5, 0.6) is 0 Å². The van der Waals surface area contributed by atoms with E-state index < -0.39 is 0 Å². The van der Waals surface area contributed by atoms with Gasteiger partial charge in [-0.1, -0.05) is 0 Å². The van der Waals surface area contributed by atoms with E-state index in [2.05, 4.69) is 5.32 Å². The van der Waals surface area contributed by atoms with Crippen molar-refractivity contribution < 1.29 is 18.8 Å². The summed E-state index contributed by atoms with van der Waals surface area (Å²) in [5.74, 6) is 0.237. The lowest BCUT2D eigenvalue weighted by Crippen LogP contribution is -2.28. The minimum absolute atomic E-state index is 0.0468. The van der Waals surface area contributed by atoms with Crippen LogP contribution in [0.2, 0.25) is 0 Å². The highest BCUT2D eigenvalue weighted by Crippen LogP contribution is 2.25. The summed E-state index contributed by atoms with van der Waals surface area (Å²) in [6.45, 7) is 1.50. The summed E-state index contributed by atoms with van der Waals surface area (Å²) in [4.78, 5) is 39.9. The van der Waals surface area contributed by atoms with Gasteiger partial charge in [-0.05, 0) is 42.8 Å². The minimum atomic E-state index is -0.382. The molecule has 27 heavy (non-hydrogen) atoms. The van der Waals surface area contributed by atoms with Crippen molar-refractivity contribution >= 4 is 29.1 Å². The molecule has 7 heteroatoms. The van der Waals surface area contributed by atoms with Crippen LogP contribution in [-0.2, 0) is 20.9 Å². The highest BCUT2D eigenvalue weighted by atomic mass is 16.3. The van der Waals surface area contributed by atoms with Crippen LogP contribution >= 0.6 is 0 Å². The molecule has 1 aromatic carbocycles. The van der Waals surface area contributed by atoms with Crippen LogP contribution in [0, 0.1) is 5.92 Å². The third kappa shape index (κ3) is 3.72. The smallest absolute Gasteiger partial charge is 0.229 e. The lowest BCUT2D eigenvalue weighted by atomic mass is 10.1. The second-order valence-corrected chi connectivity index (χ2v) is 6.94. The first-order chi connectivity index (χ1) is 13.1. The zero-order valence-corrected chi connectivity index (χ0v) is 14.9. The van der Waals surface area contributed by atoms with Crippen molar-refractivity contribution in [2.75, 3.05) is 23.3 Å². The third-order valence-electron chi connectivity index (χ3n) is 5.03. The first-order valence-corrected chi connectivity index (χ1v) is 9.11. The van der Waals surface area contributed by atoms with Crippen LogP contribution in [0.1, 0.15) is 25.0 Å². The SMILES string of the molecule is O=C(Nc1ccc(N2CCCC2=O)cc1)C1CC(=O)N(Cc2ccco2)C1. The number of benzene rings is 1. The molecule has 0 radical (unpaired) electrons. The van der Waals surface area contributed by atoms with Crippen LogP contribution in [-0.4, -0.2) is 35.7 Å². The lowest BCUT2D eigenvalue weighted by Gasteiger charge is -2.17. The topological polar surface area (TPSA) is 82.9 Å². The van der Waals surface area contributed by atoms with E-state index in [0.717, 1.165) is 18.7 Å². The van der Waals surface area contributed by atoms with Crippen LogP contribution in [0.25, 0.3) is 0 Å². The quantitative estimate of drug-likeness (QED) is 0.880. The Morgan fingerprint density at radius 3 is 2.63 bits per heavy atom. The molecule has 0 spiro atoms. The summed E-state index contributed by atoms with van der Waals surface area (Å²) in [6.07, 6.45) is 3.23. The van der Waals surface area contributed by atoms with Gasteiger partial charge in [-0.25, -0.2) is 0 Å². The Morgan fingerprint density at radius 2 is 1.96 bits per heavy atom. The molecule has 4 rings (SSSR count). The summed E-state index contributed by atoms with van der Waals surface area (Å²) < 4.78 is 5.27. The van der Waals surface area contributed by atoms with E-state index in [0.29, 0.717) is 31.0 Å². The average Bonchev–Trinajstić information content (AvgIpc) is 3.39. The number of nitrogens with one attached hydrogen (secondary N) is 1. The second-order valence-electron chi connectivity index (χ2n) is 6.94. The van der Waals surface area contributed by atoms with Crippen LogP contribution in [0.4, 0.5) is 11.4 Å². The number of hydrogen-bond acceptors (Lipinski definition) is 4. The van der Waals surface area contributed by atoms with Gasteiger partial charge in [0.05, 0.1) is 18.7 Å². The predicted octanol–water partition coefficient (Wildman–Crippen LogP) is 2.39. The summed E-state index contributed by atoms with van der Waals surface area (Å²) in [5, 5.41) is 2.87. The second kappa shape index (κ2) is 7.26. The minimum Gasteiger partial charge on any atom is -0.467 e. The standard InChI is InChI=1S/C20H21N3O4/c24-18-4-1-9-23(18)16-7-5-15(6-8-16)21-20(26)14-11-19(25)22(12-14)13-17-3-2-10-27-17/h2-3,5-8,10,14H,1,4,9,11-13H2,(H,21,26). The fourth-order valence-corrected chi connectivity index (χ4v) is 3.58. The number of anilines is 2. The maximum absolute atomic E-state index is 12.5. The van der Waals surface area contributed by atoms with E-state index in [9.17, 15) is 14.4 Å². The van der Waals surface area contributed by atoms with Crippen LogP contribution in [0.15, 0.2) is 47.1 Å². The predicted molar refractivity (Wildman–Crippen MR) is 98.9 cm³/mol. The first-order valence-electron chi connectivity index (χ1n) is 9.11. The van der Waals surface area contributed by atoms with Gasteiger partial charge >= 0.3 is 0 Å². The zero-order valence-electron chi connectivity index (χ0n) is 14.9. The number of carbonyl (C=O) groups excluding carboxylic acids is 3. The van der Waals surface area contributed by atoms with Gasteiger partial charge in [-0.15, -0.1) is 0 Å². The van der Waals surface area contributed by atoms with E-state index in [1.54, 1.807) is 34.3 Å². The van der Waals surface area contributed by atoms with Gasteiger partial charge in [0, 0.05) is 37.3 Å². The Labute approximate surface area is 156 Å². The number of rotatable bonds is 5. The zero-order chi connectivity index (χ0) is 18.8. The molecule has 0 bridgehead atoms. The number of carbonyl (C=O) groups is 3. The molecule has 2 aliphatic rings. The van der Waals surface area contributed by atoms with Gasteiger partial charge in [-0.3, -0.25) is 14.4 Å². The Hall–Kier alpha value is -3.09. The molecule has 7 nitrogen and oxygen atoms in total. The van der Waals surface area contributed by atoms with Gasteiger partial charge < -0.3 is 19.5 Å². The monoisotopic (exact) mass is 367 g/mol. The van der Waals surface area contributed by atoms with E-state index in [4.69, 9.17) is 4.42 Å².